The summed E-state index contributed by atoms with van der Waals surface area (Å²) in [5.74, 6) is 0. The summed E-state index contributed by atoms with van der Waals surface area (Å²) in [5, 5.41) is 18.3. The molecule has 2 rings (SSSR count). The molecule has 0 unspecified atom stereocenters. The van der Waals surface area contributed by atoms with Crippen LogP contribution in [0, 0.1) is 22.7 Å². The molecule has 0 aromatic carbocycles. The zero-order valence-electron chi connectivity index (χ0n) is 10.8. The first-order valence-corrected chi connectivity index (χ1v) is 6.98. The zero-order chi connectivity index (χ0) is 13.7. The van der Waals surface area contributed by atoms with Crippen molar-refractivity contribution in [3.63, 3.8) is 0 Å². The van der Waals surface area contributed by atoms with Crippen LogP contribution in [0.25, 0.3) is 0 Å². The summed E-state index contributed by atoms with van der Waals surface area (Å²) >= 11 is 6.34. The third kappa shape index (κ3) is 3.40. The van der Waals surface area contributed by atoms with Crippen molar-refractivity contribution in [2.75, 3.05) is 13.1 Å². The van der Waals surface area contributed by atoms with E-state index in [1.54, 1.807) is 6.08 Å². The van der Waals surface area contributed by atoms with E-state index in [1.165, 1.54) is 19.3 Å². The number of likely N-dealkylation sites (tertiary alicyclic amines) is 1. The van der Waals surface area contributed by atoms with Crippen molar-refractivity contribution in [3.8, 4) is 12.1 Å². The standard InChI is InChI=1S/C15H16ClN3/c16-15-13(8-12(9-17)10-18)4-5-14(15)11-19-6-2-1-3-7-19/h8,11H,1-7H2/b14-11-. The van der Waals surface area contributed by atoms with Gasteiger partial charge in [0.2, 0.25) is 0 Å². The molecule has 4 heteroatoms. The third-order valence-electron chi connectivity index (χ3n) is 3.52. The highest BCUT2D eigenvalue weighted by molar-refractivity contribution is 6.32. The zero-order valence-corrected chi connectivity index (χ0v) is 11.6. The number of hydrogen-bond acceptors (Lipinski definition) is 3. The van der Waals surface area contributed by atoms with Crippen LogP contribution in [0.3, 0.4) is 0 Å². The fourth-order valence-corrected chi connectivity index (χ4v) is 2.78. The maximum Gasteiger partial charge on any atom is 0.130 e. The first-order valence-electron chi connectivity index (χ1n) is 6.60. The normalized spacial score (nSPS) is 21.2. The van der Waals surface area contributed by atoms with Crippen molar-refractivity contribution in [3.05, 3.63) is 34.0 Å². The second-order valence-electron chi connectivity index (χ2n) is 4.87. The van der Waals surface area contributed by atoms with Crippen molar-refractivity contribution in [1.29, 1.82) is 10.5 Å². The number of nitrogens with zero attached hydrogens (tertiary/aromatic N) is 3. The van der Waals surface area contributed by atoms with E-state index in [-0.39, 0.29) is 5.57 Å². The third-order valence-corrected chi connectivity index (χ3v) is 4.00. The Morgan fingerprint density at radius 2 is 1.79 bits per heavy atom. The molecule has 0 aromatic heterocycles. The highest BCUT2D eigenvalue weighted by atomic mass is 35.5. The van der Waals surface area contributed by atoms with Crippen LogP contribution in [-0.4, -0.2) is 18.0 Å². The van der Waals surface area contributed by atoms with Crippen molar-refractivity contribution in [1.82, 2.24) is 4.90 Å². The fraction of sp³-hybridized carbons (Fsp3) is 0.467. The van der Waals surface area contributed by atoms with Crippen molar-refractivity contribution >= 4 is 11.6 Å². The molecule has 1 saturated heterocycles. The minimum atomic E-state index is 0.118. The predicted octanol–water partition coefficient (Wildman–Crippen LogP) is 3.62. The summed E-state index contributed by atoms with van der Waals surface area (Å²) in [6.07, 6.45) is 9.26. The molecule has 0 atom stereocenters. The van der Waals surface area contributed by atoms with E-state index < -0.39 is 0 Å². The lowest BCUT2D eigenvalue weighted by atomic mass is 10.1. The lowest BCUT2D eigenvalue weighted by molar-refractivity contribution is 0.307. The SMILES string of the molecule is N#CC(C#N)=CC1=C(Cl)/C(=C\N2CCCCC2)CC1. The van der Waals surface area contributed by atoms with E-state index in [4.69, 9.17) is 22.1 Å². The smallest absolute Gasteiger partial charge is 0.130 e. The number of hydrogen-bond donors (Lipinski definition) is 0. The molecule has 0 spiro atoms. The van der Waals surface area contributed by atoms with Crippen LogP contribution < -0.4 is 0 Å². The van der Waals surface area contributed by atoms with Gasteiger partial charge in [-0.05, 0) is 49.3 Å². The monoisotopic (exact) mass is 273 g/mol. The van der Waals surface area contributed by atoms with Crippen LogP contribution in [0.2, 0.25) is 0 Å². The molecule has 2 aliphatic rings. The molecule has 19 heavy (non-hydrogen) atoms. The van der Waals surface area contributed by atoms with Gasteiger partial charge < -0.3 is 4.90 Å². The molecule has 98 valence electrons. The highest BCUT2D eigenvalue weighted by Crippen LogP contribution is 2.35. The maximum absolute atomic E-state index is 8.77. The van der Waals surface area contributed by atoms with Gasteiger partial charge in [0.25, 0.3) is 0 Å². The van der Waals surface area contributed by atoms with E-state index in [1.807, 2.05) is 12.1 Å². The molecule has 0 amide bonds. The summed E-state index contributed by atoms with van der Waals surface area (Å²) in [5.41, 5.74) is 2.15. The Balaban J connectivity index is 2.16. The van der Waals surface area contributed by atoms with Gasteiger partial charge in [-0.15, -0.1) is 0 Å². The van der Waals surface area contributed by atoms with Gasteiger partial charge in [-0.1, -0.05) is 11.6 Å². The van der Waals surface area contributed by atoms with Crippen LogP contribution >= 0.6 is 11.6 Å². The molecular weight excluding hydrogens is 258 g/mol. The number of allylic oxidation sites excluding steroid dienone is 5. The molecule has 3 nitrogen and oxygen atoms in total. The number of piperidine rings is 1. The number of rotatable bonds is 2. The molecule has 1 aliphatic heterocycles. The van der Waals surface area contributed by atoms with Gasteiger partial charge in [0, 0.05) is 24.3 Å². The average molecular weight is 274 g/mol. The summed E-state index contributed by atoms with van der Waals surface area (Å²) in [6, 6.07) is 3.75. The summed E-state index contributed by atoms with van der Waals surface area (Å²) in [6.45, 7) is 2.20. The average Bonchev–Trinajstić information content (AvgIpc) is 2.78. The molecule has 0 saturated carbocycles. The second kappa shape index (κ2) is 6.45. The Labute approximate surface area is 119 Å². The first-order chi connectivity index (χ1) is 9.24. The highest BCUT2D eigenvalue weighted by Gasteiger charge is 2.18. The second-order valence-corrected chi connectivity index (χ2v) is 5.25. The molecule has 1 heterocycles. The Hall–Kier alpha value is -1.71. The van der Waals surface area contributed by atoms with E-state index in [9.17, 15) is 0 Å². The van der Waals surface area contributed by atoms with Gasteiger partial charge in [-0.2, -0.15) is 10.5 Å². The van der Waals surface area contributed by atoms with E-state index in [0.29, 0.717) is 5.03 Å². The Kier molecular flexibility index (Phi) is 4.66. The first kappa shape index (κ1) is 13.7. The van der Waals surface area contributed by atoms with Crippen LogP contribution in [-0.2, 0) is 0 Å². The van der Waals surface area contributed by atoms with E-state index in [0.717, 1.165) is 37.1 Å². The van der Waals surface area contributed by atoms with Crippen molar-refractivity contribution in [2.45, 2.75) is 32.1 Å². The van der Waals surface area contributed by atoms with Gasteiger partial charge in [-0.3, -0.25) is 0 Å². The summed E-state index contributed by atoms with van der Waals surface area (Å²) in [7, 11) is 0. The van der Waals surface area contributed by atoms with Crippen LogP contribution in [0.5, 0.6) is 0 Å². The summed E-state index contributed by atoms with van der Waals surface area (Å²) in [4.78, 5) is 2.32. The number of halogens is 1. The van der Waals surface area contributed by atoms with Crippen molar-refractivity contribution < 1.29 is 0 Å². The maximum atomic E-state index is 8.77. The Morgan fingerprint density at radius 1 is 1.11 bits per heavy atom. The number of nitriles is 2. The summed E-state index contributed by atoms with van der Waals surface area (Å²) < 4.78 is 0. The molecule has 1 fully saturated rings. The largest absolute Gasteiger partial charge is 0.377 e. The van der Waals surface area contributed by atoms with Crippen LogP contribution in [0.15, 0.2) is 34.0 Å². The van der Waals surface area contributed by atoms with Gasteiger partial charge in [0.1, 0.15) is 17.7 Å². The molecule has 0 N–H and O–H groups in total. The molecular formula is C15H16ClN3. The minimum Gasteiger partial charge on any atom is -0.377 e. The van der Waals surface area contributed by atoms with Crippen LogP contribution in [0.1, 0.15) is 32.1 Å². The quantitative estimate of drug-likeness (QED) is 0.722. The van der Waals surface area contributed by atoms with Gasteiger partial charge in [0.15, 0.2) is 0 Å². The molecule has 0 aromatic rings. The van der Waals surface area contributed by atoms with E-state index >= 15 is 0 Å². The lowest BCUT2D eigenvalue weighted by Gasteiger charge is -2.25. The van der Waals surface area contributed by atoms with Gasteiger partial charge in [0.05, 0.1) is 0 Å². The van der Waals surface area contributed by atoms with Gasteiger partial charge in [-0.25, -0.2) is 0 Å². The van der Waals surface area contributed by atoms with Gasteiger partial charge >= 0.3 is 0 Å². The fourth-order valence-electron chi connectivity index (χ4n) is 2.48. The lowest BCUT2D eigenvalue weighted by Crippen LogP contribution is -2.24. The Morgan fingerprint density at radius 3 is 2.42 bits per heavy atom. The Bertz CT molecular complexity index is 507. The molecule has 1 aliphatic carbocycles. The predicted molar refractivity (Wildman–Crippen MR) is 74.9 cm³/mol. The van der Waals surface area contributed by atoms with Crippen molar-refractivity contribution in [2.24, 2.45) is 0 Å². The minimum absolute atomic E-state index is 0.118. The van der Waals surface area contributed by atoms with Crippen LogP contribution in [0.4, 0.5) is 0 Å². The van der Waals surface area contributed by atoms with E-state index in [2.05, 4.69) is 11.1 Å². The molecule has 0 radical (unpaired) electrons. The molecule has 0 bridgehead atoms. The topological polar surface area (TPSA) is 50.8 Å².